The molecular formula is C16H11FO2S. The van der Waals surface area contributed by atoms with Gasteiger partial charge in [-0.1, -0.05) is 24.3 Å². The first-order valence-electron chi connectivity index (χ1n) is 6.12. The molecule has 100 valence electrons. The van der Waals surface area contributed by atoms with Gasteiger partial charge in [0.25, 0.3) is 0 Å². The number of thioether (sulfide) groups is 1. The summed E-state index contributed by atoms with van der Waals surface area (Å²) in [6.07, 6.45) is 0. The van der Waals surface area contributed by atoms with Crippen LogP contribution in [0, 0.1) is 5.82 Å². The Morgan fingerprint density at radius 1 is 1.10 bits per heavy atom. The summed E-state index contributed by atoms with van der Waals surface area (Å²) in [5, 5.41) is 0.909. The van der Waals surface area contributed by atoms with Crippen LogP contribution in [0.1, 0.15) is 10.6 Å². The van der Waals surface area contributed by atoms with Gasteiger partial charge in [-0.15, -0.1) is 11.8 Å². The zero-order chi connectivity index (χ0) is 13.9. The Balaban J connectivity index is 1.73. The van der Waals surface area contributed by atoms with E-state index in [9.17, 15) is 9.18 Å². The summed E-state index contributed by atoms with van der Waals surface area (Å²) < 4.78 is 18.5. The minimum atomic E-state index is -0.300. The van der Waals surface area contributed by atoms with Gasteiger partial charge in [-0.05, 0) is 30.3 Å². The molecule has 2 aromatic carbocycles. The smallest absolute Gasteiger partial charge is 0.208 e. The number of rotatable bonds is 4. The Labute approximate surface area is 119 Å². The van der Waals surface area contributed by atoms with Gasteiger partial charge in [0.15, 0.2) is 5.76 Å². The number of furan rings is 1. The monoisotopic (exact) mass is 286 g/mol. The molecule has 0 aliphatic heterocycles. The third kappa shape index (κ3) is 2.75. The zero-order valence-corrected chi connectivity index (χ0v) is 11.3. The highest BCUT2D eigenvalue weighted by atomic mass is 32.2. The molecule has 0 atom stereocenters. The third-order valence-corrected chi connectivity index (χ3v) is 3.86. The molecule has 2 nitrogen and oxygen atoms in total. The van der Waals surface area contributed by atoms with Crippen LogP contribution in [0.5, 0.6) is 0 Å². The van der Waals surface area contributed by atoms with Crippen molar-refractivity contribution in [1.29, 1.82) is 0 Å². The molecule has 0 unspecified atom stereocenters. The second-order valence-electron chi connectivity index (χ2n) is 4.32. The largest absolute Gasteiger partial charge is 0.453 e. The van der Waals surface area contributed by atoms with Crippen LogP contribution in [0.2, 0.25) is 0 Å². The fourth-order valence-electron chi connectivity index (χ4n) is 1.90. The van der Waals surface area contributed by atoms with Gasteiger partial charge in [-0.2, -0.15) is 0 Å². The Morgan fingerprint density at radius 2 is 1.95 bits per heavy atom. The van der Waals surface area contributed by atoms with E-state index in [0.29, 0.717) is 11.3 Å². The van der Waals surface area contributed by atoms with Gasteiger partial charge >= 0.3 is 0 Å². The molecule has 0 aliphatic carbocycles. The summed E-state index contributed by atoms with van der Waals surface area (Å²) >= 11 is 1.30. The quantitative estimate of drug-likeness (QED) is 0.521. The van der Waals surface area contributed by atoms with Crippen molar-refractivity contribution in [3.8, 4) is 0 Å². The van der Waals surface area contributed by atoms with E-state index in [-0.39, 0.29) is 17.4 Å². The van der Waals surface area contributed by atoms with E-state index >= 15 is 0 Å². The molecule has 0 bridgehead atoms. The average molecular weight is 286 g/mol. The number of carbonyl (C=O) groups excluding carboxylic acids is 1. The highest BCUT2D eigenvalue weighted by Gasteiger charge is 2.12. The first-order chi connectivity index (χ1) is 9.72. The molecule has 3 rings (SSSR count). The number of benzene rings is 2. The van der Waals surface area contributed by atoms with Gasteiger partial charge in [0.1, 0.15) is 11.4 Å². The molecule has 0 N–H and O–H groups in total. The zero-order valence-electron chi connectivity index (χ0n) is 10.5. The van der Waals surface area contributed by atoms with Crippen molar-refractivity contribution >= 4 is 28.5 Å². The van der Waals surface area contributed by atoms with Gasteiger partial charge in [-0.25, -0.2) is 4.39 Å². The summed E-state index contributed by atoms with van der Waals surface area (Å²) in [5.74, 6) is 0.167. The number of Topliss-reactive ketones (excluding diaryl/α,β-unsaturated/α-hetero) is 1. The number of fused-ring (bicyclic) bond motifs is 1. The Kier molecular flexibility index (Phi) is 3.56. The number of para-hydroxylation sites is 1. The second kappa shape index (κ2) is 5.51. The molecule has 0 fully saturated rings. The van der Waals surface area contributed by atoms with Crippen molar-refractivity contribution in [3.05, 3.63) is 66.2 Å². The fourth-order valence-corrected chi connectivity index (χ4v) is 2.71. The van der Waals surface area contributed by atoms with E-state index in [1.165, 1.54) is 23.9 Å². The lowest BCUT2D eigenvalue weighted by Crippen LogP contribution is -2.00. The highest BCUT2D eigenvalue weighted by Crippen LogP contribution is 2.23. The molecule has 0 aliphatic rings. The SMILES string of the molecule is O=C(CSc1cccc(F)c1)c1cc2ccccc2o1. The predicted molar refractivity (Wildman–Crippen MR) is 77.7 cm³/mol. The van der Waals surface area contributed by atoms with Crippen molar-refractivity contribution in [2.75, 3.05) is 5.75 Å². The summed E-state index contributed by atoms with van der Waals surface area (Å²) in [7, 11) is 0. The first-order valence-corrected chi connectivity index (χ1v) is 7.11. The summed E-state index contributed by atoms with van der Waals surface area (Å²) in [5.41, 5.74) is 0.701. The first kappa shape index (κ1) is 12.9. The lowest BCUT2D eigenvalue weighted by Gasteiger charge is -1.99. The highest BCUT2D eigenvalue weighted by molar-refractivity contribution is 8.00. The normalized spacial score (nSPS) is 10.8. The van der Waals surface area contributed by atoms with Crippen LogP contribution in [0.25, 0.3) is 11.0 Å². The van der Waals surface area contributed by atoms with Gasteiger partial charge in [0, 0.05) is 10.3 Å². The number of hydrogen-bond acceptors (Lipinski definition) is 3. The molecule has 0 amide bonds. The Bertz CT molecular complexity index is 731. The molecule has 20 heavy (non-hydrogen) atoms. The van der Waals surface area contributed by atoms with Crippen LogP contribution < -0.4 is 0 Å². The second-order valence-corrected chi connectivity index (χ2v) is 5.37. The van der Waals surface area contributed by atoms with Crippen molar-refractivity contribution in [3.63, 3.8) is 0 Å². The molecule has 0 radical (unpaired) electrons. The molecule has 0 spiro atoms. The van der Waals surface area contributed by atoms with Gasteiger partial charge in [0.05, 0.1) is 5.75 Å². The molecule has 0 saturated heterocycles. The average Bonchev–Trinajstić information content (AvgIpc) is 2.89. The Morgan fingerprint density at radius 3 is 2.75 bits per heavy atom. The van der Waals surface area contributed by atoms with Crippen LogP contribution in [-0.2, 0) is 0 Å². The van der Waals surface area contributed by atoms with Crippen molar-refractivity contribution in [1.82, 2.24) is 0 Å². The van der Waals surface area contributed by atoms with E-state index in [1.807, 2.05) is 24.3 Å². The van der Waals surface area contributed by atoms with Crippen LogP contribution in [0.4, 0.5) is 4.39 Å². The van der Waals surface area contributed by atoms with E-state index in [4.69, 9.17) is 4.42 Å². The molecule has 1 aromatic heterocycles. The standard InChI is InChI=1S/C16H11FO2S/c17-12-5-3-6-13(9-12)20-10-14(18)16-8-11-4-1-2-7-15(11)19-16/h1-9H,10H2. The summed E-state index contributed by atoms with van der Waals surface area (Å²) in [6.45, 7) is 0. The van der Waals surface area contributed by atoms with Gasteiger partial charge < -0.3 is 4.42 Å². The molecule has 1 heterocycles. The maximum Gasteiger partial charge on any atom is 0.208 e. The van der Waals surface area contributed by atoms with Crippen molar-refractivity contribution in [2.45, 2.75) is 4.90 Å². The number of ketones is 1. The van der Waals surface area contributed by atoms with E-state index < -0.39 is 0 Å². The number of hydrogen-bond donors (Lipinski definition) is 0. The maximum atomic E-state index is 13.0. The Hall–Kier alpha value is -2.07. The third-order valence-electron chi connectivity index (χ3n) is 2.87. The fraction of sp³-hybridized carbons (Fsp3) is 0.0625. The van der Waals surface area contributed by atoms with Crippen molar-refractivity contribution in [2.24, 2.45) is 0 Å². The molecule has 3 aromatic rings. The molecule has 4 heteroatoms. The lowest BCUT2D eigenvalue weighted by atomic mass is 10.2. The van der Waals surface area contributed by atoms with E-state index in [1.54, 1.807) is 18.2 Å². The topological polar surface area (TPSA) is 30.2 Å². The van der Waals surface area contributed by atoms with Crippen LogP contribution in [-0.4, -0.2) is 11.5 Å². The van der Waals surface area contributed by atoms with Crippen LogP contribution >= 0.6 is 11.8 Å². The number of carbonyl (C=O) groups is 1. The predicted octanol–water partition coefficient (Wildman–Crippen LogP) is 4.55. The summed E-state index contributed by atoms with van der Waals surface area (Å²) in [6, 6.07) is 15.4. The lowest BCUT2D eigenvalue weighted by molar-refractivity contribution is 0.0994. The van der Waals surface area contributed by atoms with Gasteiger partial charge in [-0.3, -0.25) is 4.79 Å². The van der Waals surface area contributed by atoms with Crippen LogP contribution in [0.15, 0.2) is 63.9 Å². The summed E-state index contributed by atoms with van der Waals surface area (Å²) in [4.78, 5) is 12.8. The van der Waals surface area contributed by atoms with E-state index in [0.717, 1.165) is 10.3 Å². The molecular weight excluding hydrogens is 275 g/mol. The van der Waals surface area contributed by atoms with Crippen LogP contribution in [0.3, 0.4) is 0 Å². The molecule has 0 saturated carbocycles. The number of halogens is 1. The maximum absolute atomic E-state index is 13.0. The minimum absolute atomic E-state index is 0.101. The minimum Gasteiger partial charge on any atom is -0.453 e. The van der Waals surface area contributed by atoms with Gasteiger partial charge in [0.2, 0.25) is 5.78 Å². The van der Waals surface area contributed by atoms with Crippen molar-refractivity contribution < 1.29 is 13.6 Å². The van der Waals surface area contributed by atoms with E-state index in [2.05, 4.69) is 0 Å².